The number of nitrogens with zero attached hydrogens (tertiary/aromatic N) is 1. The van der Waals surface area contributed by atoms with E-state index in [2.05, 4.69) is 71.7 Å². The molecular formula is C18H31N. The summed E-state index contributed by atoms with van der Waals surface area (Å²) in [5.41, 5.74) is 4.66. The van der Waals surface area contributed by atoms with E-state index < -0.39 is 0 Å². The zero-order valence-electron chi connectivity index (χ0n) is 13.9. The Bertz CT molecular complexity index is 404. The Kier molecular flexibility index (Phi) is 5.61. The van der Waals surface area contributed by atoms with Crippen molar-refractivity contribution in [1.82, 2.24) is 4.90 Å². The molecule has 0 aliphatic rings. The van der Waals surface area contributed by atoms with Gasteiger partial charge in [-0.05, 0) is 56.3 Å². The van der Waals surface area contributed by atoms with E-state index in [-0.39, 0.29) is 5.41 Å². The predicted molar refractivity (Wildman–Crippen MR) is 85.7 cm³/mol. The Morgan fingerprint density at radius 1 is 1.21 bits per heavy atom. The maximum atomic E-state index is 2.42. The van der Waals surface area contributed by atoms with Crippen LogP contribution in [0.25, 0.3) is 0 Å². The molecule has 108 valence electrons. The van der Waals surface area contributed by atoms with Gasteiger partial charge in [-0.3, -0.25) is 4.90 Å². The van der Waals surface area contributed by atoms with Gasteiger partial charge in [0.2, 0.25) is 0 Å². The lowest BCUT2D eigenvalue weighted by Crippen LogP contribution is -2.26. The summed E-state index contributed by atoms with van der Waals surface area (Å²) in [4.78, 5) is 2.39. The van der Waals surface area contributed by atoms with Crippen molar-refractivity contribution in [2.75, 3.05) is 7.05 Å². The van der Waals surface area contributed by atoms with Crippen LogP contribution in [0.1, 0.15) is 64.2 Å². The fourth-order valence-electron chi connectivity index (χ4n) is 2.73. The molecule has 0 radical (unpaired) electrons. The summed E-state index contributed by atoms with van der Waals surface area (Å²) in [5, 5.41) is 0. The van der Waals surface area contributed by atoms with E-state index in [0.717, 1.165) is 6.54 Å². The quantitative estimate of drug-likeness (QED) is 0.703. The van der Waals surface area contributed by atoms with E-state index in [1.54, 1.807) is 0 Å². The van der Waals surface area contributed by atoms with Crippen molar-refractivity contribution >= 4 is 0 Å². The van der Waals surface area contributed by atoms with E-state index in [4.69, 9.17) is 0 Å². The van der Waals surface area contributed by atoms with Crippen LogP contribution in [0.2, 0.25) is 0 Å². The second kappa shape index (κ2) is 6.56. The molecule has 0 fully saturated rings. The van der Waals surface area contributed by atoms with Crippen LogP contribution >= 0.6 is 0 Å². The summed E-state index contributed by atoms with van der Waals surface area (Å²) >= 11 is 0. The van der Waals surface area contributed by atoms with Crippen LogP contribution in [0.5, 0.6) is 0 Å². The smallest absolute Gasteiger partial charge is 0.0233 e. The molecule has 0 unspecified atom stereocenters. The lowest BCUT2D eigenvalue weighted by atomic mass is 9.78. The molecule has 0 saturated carbocycles. The van der Waals surface area contributed by atoms with Crippen LogP contribution in [-0.2, 0) is 12.0 Å². The summed E-state index contributed by atoms with van der Waals surface area (Å²) in [6.45, 7) is 14.8. The Balaban J connectivity index is 3.00. The third kappa shape index (κ3) is 4.35. The van der Waals surface area contributed by atoms with Gasteiger partial charge in [0, 0.05) is 12.6 Å². The third-order valence-corrected chi connectivity index (χ3v) is 4.22. The van der Waals surface area contributed by atoms with Gasteiger partial charge in [-0.2, -0.15) is 0 Å². The predicted octanol–water partition coefficient (Wildman–Crippen LogP) is 4.91. The van der Waals surface area contributed by atoms with Crippen molar-refractivity contribution < 1.29 is 0 Å². The minimum Gasteiger partial charge on any atom is -0.300 e. The van der Waals surface area contributed by atoms with E-state index in [9.17, 15) is 0 Å². The van der Waals surface area contributed by atoms with Gasteiger partial charge in [0.25, 0.3) is 0 Å². The number of hydrogen-bond acceptors (Lipinski definition) is 1. The first-order chi connectivity index (χ1) is 8.77. The average Bonchev–Trinajstić information content (AvgIpc) is 2.31. The number of aryl methyl sites for hydroxylation is 1. The van der Waals surface area contributed by atoms with Crippen molar-refractivity contribution in [3.8, 4) is 0 Å². The first kappa shape index (κ1) is 16.2. The standard InChI is InChI=1S/C18H31N/c1-8-11-18(5,6)17-12-16(10-9-15(17)4)13-19(7)14(2)3/h9-10,12,14H,8,11,13H2,1-7H3. The fraction of sp³-hybridized carbons (Fsp3) is 0.667. The highest BCUT2D eigenvalue weighted by atomic mass is 15.1. The zero-order valence-corrected chi connectivity index (χ0v) is 13.9. The normalized spacial score (nSPS) is 12.5. The van der Waals surface area contributed by atoms with Crippen molar-refractivity contribution in [2.24, 2.45) is 0 Å². The van der Waals surface area contributed by atoms with Gasteiger partial charge in [-0.1, -0.05) is 45.4 Å². The Morgan fingerprint density at radius 3 is 2.37 bits per heavy atom. The number of benzene rings is 1. The maximum Gasteiger partial charge on any atom is 0.0233 e. The SMILES string of the molecule is CCCC(C)(C)c1cc(CN(C)C(C)C)ccc1C. The molecule has 0 aliphatic heterocycles. The molecule has 19 heavy (non-hydrogen) atoms. The number of rotatable bonds is 6. The molecular weight excluding hydrogens is 230 g/mol. The minimum absolute atomic E-state index is 0.283. The molecule has 1 aromatic carbocycles. The van der Waals surface area contributed by atoms with Crippen LogP contribution in [0.15, 0.2) is 18.2 Å². The van der Waals surface area contributed by atoms with Gasteiger partial charge in [0.05, 0.1) is 0 Å². The van der Waals surface area contributed by atoms with Gasteiger partial charge in [0.15, 0.2) is 0 Å². The molecule has 0 aromatic heterocycles. The maximum absolute atomic E-state index is 2.42. The van der Waals surface area contributed by atoms with E-state index in [1.165, 1.54) is 29.5 Å². The molecule has 1 rings (SSSR count). The van der Waals surface area contributed by atoms with Crippen LogP contribution in [0.4, 0.5) is 0 Å². The first-order valence-electron chi connectivity index (χ1n) is 7.58. The van der Waals surface area contributed by atoms with Crippen molar-refractivity contribution in [3.05, 3.63) is 34.9 Å². The molecule has 0 amide bonds. The van der Waals surface area contributed by atoms with Crippen LogP contribution in [-0.4, -0.2) is 18.0 Å². The second-order valence-electron chi connectivity index (χ2n) is 6.79. The summed E-state index contributed by atoms with van der Waals surface area (Å²) < 4.78 is 0. The van der Waals surface area contributed by atoms with Crippen molar-refractivity contribution in [3.63, 3.8) is 0 Å². The fourth-order valence-corrected chi connectivity index (χ4v) is 2.73. The van der Waals surface area contributed by atoms with E-state index in [0.29, 0.717) is 6.04 Å². The monoisotopic (exact) mass is 261 g/mol. The second-order valence-corrected chi connectivity index (χ2v) is 6.79. The molecule has 0 atom stereocenters. The summed E-state index contributed by atoms with van der Waals surface area (Å²) in [6, 6.07) is 7.58. The summed E-state index contributed by atoms with van der Waals surface area (Å²) in [7, 11) is 2.20. The molecule has 0 aliphatic carbocycles. The molecule has 1 heteroatoms. The van der Waals surface area contributed by atoms with Crippen LogP contribution in [0, 0.1) is 6.92 Å². The van der Waals surface area contributed by atoms with Crippen molar-refractivity contribution in [1.29, 1.82) is 0 Å². The molecule has 1 aromatic rings. The highest BCUT2D eigenvalue weighted by molar-refractivity contribution is 5.36. The van der Waals surface area contributed by atoms with E-state index in [1.807, 2.05) is 0 Å². The highest BCUT2D eigenvalue weighted by Gasteiger charge is 2.21. The lowest BCUT2D eigenvalue weighted by molar-refractivity contribution is 0.265. The third-order valence-electron chi connectivity index (χ3n) is 4.22. The molecule has 0 heterocycles. The van der Waals surface area contributed by atoms with Crippen LogP contribution in [0.3, 0.4) is 0 Å². The summed E-state index contributed by atoms with van der Waals surface area (Å²) in [6.07, 6.45) is 2.49. The highest BCUT2D eigenvalue weighted by Crippen LogP contribution is 2.31. The Labute approximate surface area is 120 Å². The van der Waals surface area contributed by atoms with Gasteiger partial charge >= 0.3 is 0 Å². The molecule has 0 N–H and O–H groups in total. The Morgan fingerprint density at radius 2 is 1.84 bits per heavy atom. The molecule has 1 nitrogen and oxygen atoms in total. The largest absolute Gasteiger partial charge is 0.300 e. The van der Waals surface area contributed by atoms with Gasteiger partial charge < -0.3 is 0 Å². The van der Waals surface area contributed by atoms with Crippen molar-refractivity contribution in [2.45, 2.75) is 72.4 Å². The van der Waals surface area contributed by atoms with Gasteiger partial charge in [-0.25, -0.2) is 0 Å². The lowest BCUT2D eigenvalue weighted by Gasteiger charge is -2.28. The Hall–Kier alpha value is -0.820. The summed E-state index contributed by atoms with van der Waals surface area (Å²) in [5.74, 6) is 0. The first-order valence-corrected chi connectivity index (χ1v) is 7.58. The zero-order chi connectivity index (χ0) is 14.6. The topological polar surface area (TPSA) is 3.24 Å². The minimum atomic E-state index is 0.283. The molecule has 0 bridgehead atoms. The molecule has 0 saturated heterocycles. The van der Waals surface area contributed by atoms with Gasteiger partial charge in [0.1, 0.15) is 0 Å². The number of hydrogen-bond donors (Lipinski definition) is 0. The van der Waals surface area contributed by atoms with E-state index >= 15 is 0 Å². The van der Waals surface area contributed by atoms with Crippen LogP contribution < -0.4 is 0 Å². The molecule has 0 spiro atoms. The average molecular weight is 261 g/mol. The van der Waals surface area contributed by atoms with Gasteiger partial charge in [-0.15, -0.1) is 0 Å².